The summed E-state index contributed by atoms with van der Waals surface area (Å²) in [6.07, 6.45) is -4.61. The summed E-state index contributed by atoms with van der Waals surface area (Å²) in [4.78, 5) is 7.45. The second kappa shape index (κ2) is 15.8. The van der Waals surface area contributed by atoms with E-state index < -0.39 is 11.7 Å². The van der Waals surface area contributed by atoms with E-state index in [4.69, 9.17) is 13.1 Å². The molecule has 0 aliphatic carbocycles. The molecule has 2 aromatic heterocycles. The van der Waals surface area contributed by atoms with Gasteiger partial charge in [0.05, 0.1) is 63.8 Å². The van der Waals surface area contributed by atoms with Crippen LogP contribution in [0.4, 0.5) is 24.5 Å². The lowest BCUT2D eigenvalue weighted by molar-refractivity contribution is -0.137. The molecule has 0 bridgehead atoms. The van der Waals surface area contributed by atoms with E-state index in [1.807, 2.05) is 103 Å². The van der Waals surface area contributed by atoms with Crippen molar-refractivity contribution >= 4 is 55.0 Å². The van der Waals surface area contributed by atoms with Gasteiger partial charge < -0.3 is 9.13 Å². The van der Waals surface area contributed by atoms with Crippen molar-refractivity contribution in [2.24, 2.45) is 0 Å². The first-order chi connectivity index (χ1) is 32.6. The molecule has 0 saturated carbocycles. The maximum atomic E-state index is 14.9. The van der Waals surface area contributed by atoms with Crippen molar-refractivity contribution in [1.82, 2.24) is 9.13 Å². The molecule has 0 aliphatic rings. The second-order valence-corrected chi connectivity index (χ2v) is 16.6. The van der Waals surface area contributed by atoms with E-state index in [0.717, 1.165) is 83.2 Å². The molecule has 2 heterocycles. The summed E-state index contributed by atoms with van der Waals surface area (Å²) < 4.78 is 49.1. The van der Waals surface area contributed by atoms with Crippen LogP contribution in [0.5, 0.6) is 0 Å². The van der Waals surface area contributed by atoms with Gasteiger partial charge in [-0.25, -0.2) is 9.69 Å². The average Bonchev–Trinajstić information content (AvgIpc) is 3.87. The predicted octanol–water partition coefficient (Wildman–Crippen LogP) is 16.8. The number of para-hydroxylation sites is 2. The number of nitrogens with zero attached hydrogens (tertiary/aromatic N) is 5. The maximum Gasteiger partial charge on any atom is 0.417 e. The van der Waals surface area contributed by atoms with Gasteiger partial charge in [0, 0.05) is 27.1 Å². The van der Waals surface area contributed by atoms with Crippen molar-refractivity contribution in [3.8, 4) is 62.0 Å². The molecule has 0 N–H and O–H groups in total. The van der Waals surface area contributed by atoms with Crippen molar-refractivity contribution < 1.29 is 13.2 Å². The average molecular weight is 870 g/mol. The van der Waals surface area contributed by atoms with Gasteiger partial charge in [-0.15, -0.1) is 0 Å². The van der Waals surface area contributed by atoms with E-state index in [2.05, 4.69) is 67.4 Å². The number of halogens is 3. The number of benzene rings is 9. The fourth-order valence-corrected chi connectivity index (χ4v) is 9.68. The van der Waals surface area contributed by atoms with Gasteiger partial charge in [0.25, 0.3) is 0 Å². The van der Waals surface area contributed by atoms with Crippen LogP contribution < -0.4 is 0 Å². The lowest BCUT2D eigenvalue weighted by atomic mass is 9.91. The molecule has 0 aliphatic heterocycles. The topological polar surface area (TPSA) is 42.4 Å². The van der Waals surface area contributed by atoms with Gasteiger partial charge in [-0.1, -0.05) is 115 Å². The highest BCUT2D eigenvalue weighted by Gasteiger charge is 2.34. The zero-order valence-electron chi connectivity index (χ0n) is 35.8. The summed E-state index contributed by atoms with van der Waals surface area (Å²) >= 11 is 0. The summed E-state index contributed by atoms with van der Waals surface area (Å²) in [6.45, 7) is 17.3. The molecular weight excluding hydrogens is 836 g/mol. The van der Waals surface area contributed by atoms with E-state index in [1.165, 1.54) is 6.07 Å². The minimum atomic E-state index is -4.61. The van der Waals surface area contributed by atoms with Crippen molar-refractivity contribution in [2.45, 2.75) is 13.1 Å². The smallest absolute Gasteiger partial charge is 0.309 e. The third-order valence-electron chi connectivity index (χ3n) is 12.8. The first-order valence-electron chi connectivity index (χ1n) is 21.5. The normalized spacial score (nSPS) is 11.5. The SMILES string of the molecule is [C-]#[N+]c1ccc(-c2ccc3c(c2)c2ccccc2n3-c2cc(-c3c(C)cccc3C(F)(F)F)ccc2-c2cc([N+]#[C-])ccc2-n2c3ccccc3c3cc(-c4ccc(C#N)cc4)ccc32)cc1. The van der Waals surface area contributed by atoms with E-state index in [0.29, 0.717) is 39.3 Å². The van der Waals surface area contributed by atoms with Gasteiger partial charge in [-0.05, 0) is 124 Å². The molecule has 67 heavy (non-hydrogen) atoms. The Morgan fingerprint density at radius 3 is 1.57 bits per heavy atom. The molecule has 0 atom stereocenters. The summed E-state index contributed by atoms with van der Waals surface area (Å²) in [6, 6.07) is 61.4. The summed E-state index contributed by atoms with van der Waals surface area (Å²) in [5.74, 6) is 0. The molecule has 9 aromatic carbocycles. The summed E-state index contributed by atoms with van der Waals surface area (Å²) in [5, 5.41) is 13.4. The minimum Gasteiger partial charge on any atom is -0.309 e. The van der Waals surface area contributed by atoms with Crippen LogP contribution in [0.3, 0.4) is 0 Å². The zero-order chi connectivity index (χ0) is 46.0. The molecular formula is C59H34F3N5. The van der Waals surface area contributed by atoms with Crippen LogP contribution >= 0.6 is 0 Å². The Bertz CT molecular complexity index is 3950. The molecule has 316 valence electrons. The van der Waals surface area contributed by atoms with Gasteiger partial charge in [-0.3, -0.25) is 0 Å². The van der Waals surface area contributed by atoms with Gasteiger partial charge in [-0.2, -0.15) is 18.4 Å². The fourth-order valence-electron chi connectivity index (χ4n) is 9.68. The first-order valence-corrected chi connectivity index (χ1v) is 21.5. The minimum absolute atomic E-state index is 0.101. The Morgan fingerprint density at radius 2 is 0.985 bits per heavy atom. The van der Waals surface area contributed by atoms with Crippen LogP contribution in [-0.2, 0) is 6.18 Å². The molecule has 11 rings (SSSR count). The highest BCUT2D eigenvalue weighted by atomic mass is 19.4. The number of alkyl halides is 3. The number of fused-ring (bicyclic) bond motifs is 6. The van der Waals surface area contributed by atoms with Crippen LogP contribution in [0.1, 0.15) is 16.7 Å². The summed E-state index contributed by atoms with van der Waals surface area (Å²) in [7, 11) is 0. The van der Waals surface area contributed by atoms with Gasteiger partial charge in [0.2, 0.25) is 0 Å². The van der Waals surface area contributed by atoms with Gasteiger partial charge in [0.15, 0.2) is 11.4 Å². The Labute approximate surface area is 383 Å². The zero-order valence-corrected chi connectivity index (χ0v) is 35.8. The van der Waals surface area contributed by atoms with Crippen LogP contribution in [-0.4, -0.2) is 9.13 Å². The second-order valence-electron chi connectivity index (χ2n) is 16.6. The molecule has 0 fully saturated rings. The number of aromatic nitrogens is 2. The molecule has 0 amide bonds. The van der Waals surface area contributed by atoms with E-state index >= 15 is 0 Å². The predicted molar refractivity (Wildman–Crippen MR) is 264 cm³/mol. The van der Waals surface area contributed by atoms with E-state index in [1.54, 1.807) is 37.3 Å². The molecule has 0 unspecified atom stereocenters. The molecule has 0 saturated heterocycles. The molecule has 0 spiro atoms. The number of rotatable bonds is 6. The molecule has 5 nitrogen and oxygen atoms in total. The monoisotopic (exact) mass is 869 g/mol. The van der Waals surface area contributed by atoms with Gasteiger partial charge >= 0.3 is 6.18 Å². The third kappa shape index (κ3) is 6.78. The van der Waals surface area contributed by atoms with E-state index in [-0.39, 0.29) is 5.56 Å². The summed E-state index contributed by atoms with van der Waals surface area (Å²) in [5.41, 5.74) is 12.1. The Balaban J connectivity index is 1.21. The number of nitriles is 1. The van der Waals surface area contributed by atoms with Crippen LogP contribution in [0.25, 0.3) is 109 Å². The number of hydrogen-bond donors (Lipinski definition) is 0. The van der Waals surface area contributed by atoms with Crippen molar-refractivity contribution in [2.75, 3.05) is 0 Å². The lowest BCUT2D eigenvalue weighted by Gasteiger charge is -2.21. The number of aryl methyl sites for hydroxylation is 1. The van der Waals surface area contributed by atoms with E-state index in [9.17, 15) is 18.4 Å². The Hall–Kier alpha value is -9.16. The highest BCUT2D eigenvalue weighted by Crippen LogP contribution is 2.46. The molecule has 0 radical (unpaired) electrons. The Morgan fingerprint density at radius 1 is 0.463 bits per heavy atom. The van der Waals surface area contributed by atoms with Crippen LogP contribution in [0.2, 0.25) is 0 Å². The van der Waals surface area contributed by atoms with Crippen LogP contribution in [0.15, 0.2) is 188 Å². The third-order valence-corrected chi connectivity index (χ3v) is 12.8. The Kier molecular flexibility index (Phi) is 9.59. The standard InChI is InChI=1S/C59H34F3N5/c1-36-9-8-12-51(59(60,61)62)58(36)42-21-27-47(57(33-42)67-53-14-7-5-11-46(53)49-32-41(23-29-55(49)67)39-19-24-43(64-2)25-20-39)50-34-44(65-3)26-30-56(50)66-52-13-6-4-10-45(52)48-31-40(22-28-54(48)66)38-17-15-37(35-63)16-18-38/h4-34H,1H3. The molecule has 8 heteroatoms. The quantitative estimate of drug-likeness (QED) is 0.154. The first kappa shape index (κ1) is 40.6. The number of hydrogen-bond acceptors (Lipinski definition) is 1. The molecule has 11 aromatic rings. The van der Waals surface area contributed by atoms with Crippen molar-refractivity contribution in [3.63, 3.8) is 0 Å². The van der Waals surface area contributed by atoms with Crippen molar-refractivity contribution in [3.05, 3.63) is 228 Å². The van der Waals surface area contributed by atoms with Crippen LogP contribution in [0, 0.1) is 31.4 Å². The largest absolute Gasteiger partial charge is 0.417 e. The van der Waals surface area contributed by atoms with Gasteiger partial charge in [0.1, 0.15) is 0 Å². The maximum absolute atomic E-state index is 14.9. The lowest BCUT2D eigenvalue weighted by Crippen LogP contribution is -2.08. The highest BCUT2D eigenvalue weighted by molar-refractivity contribution is 6.13. The van der Waals surface area contributed by atoms with Crippen molar-refractivity contribution in [1.29, 1.82) is 5.26 Å². The fraction of sp³-hybridized carbons (Fsp3) is 0.0339.